The average molecular weight is 401 g/mol. The first-order valence-electron chi connectivity index (χ1n) is 7.97. The molecule has 26 heavy (non-hydrogen) atoms. The highest BCUT2D eigenvalue weighted by Gasteiger charge is 2.34. The maximum absolute atomic E-state index is 13.2. The van der Waals surface area contributed by atoms with Gasteiger partial charge in [0.15, 0.2) is 9.84 Å². The first kappa shape index (κ1) is 19.0. The van der Waals surface area contributed by atoms with E-state index in [1.54, 1.807) is 24.3 Å². The van der Waals surface area contributed by atoms with Gasteiger partial charge in [0.25, 0.3) is 0 Å². The predicted octanol–water partition coefficient (Wildman–Crippen LogP) is 5.86. The summed E-state index contributed by atoms with van der Waals surface area (Å²) in [6, 6.07) is 10.4. The molecule has 1 aliphatic carbocycles. The fourth-order valence-electron chi connectivity index (χ4n) is 3.33. The van der Waals surface area contributed by atoms with Crippen LogP contribution in [-0.2, 0) is 16.0 Å². The Morgan fingerprint density at radius 2 is 1.65 bits per heavy atom. The Kier molecular flexibility index (Phi) is 4.92. The van der Waals surface area contributed by atoms with E-state index in [2.05, 4.69) is 0 Å². The van der Waals surface area contributed by atoms with E-state index >= 15 is 0 Å². The standard InChI is InChI=1S/C19H16ClF3O2S/c1-26(24,25)18-8-3-2-5-15(18)14-7-4-6-13(14)12-9-10-17(20)16(11-12)19(21,22)23/h2-3,5,8-11H,4,6-7H2,1H3. The number of sulfone groups is 1. The quantitative estimate of drug-likeness (QED) is 0.647. The maximum Gasteiger partial charge on any atom is 0.417 e. The van der Waals surface area contributed by atoms with Crippen molar-refractivity contribution in [2.45, 2.75) is 30.3 Å². The molecule has 0 spiro atoms. The largest absolute Gasteiger partial charge is 0.417 e. The summed E-state index contributed by atoms with van der Waals surface area (Å²) in [5.41, 5.74) is 1.63. The molecular weight excluding hydrogens is 385 g/mol. The summed E-state index contributed by atoms with van der Waals surface area (Å²) < 4.78 is 63.7. The van der Waals surface area contributed by atoms with Crippen LogP contribution in [0.4, 0.5) is 13.2 Å². The van der Waals surface area contributed by atoms with Crippen LogP contribution in [0.15, 0.2) is 47.4 Å². The van der Waals surface area contributed by atoms with E-state index in [1.165, 1.54) is 12.1 Å². The number of hydrogen-bond acceptors (Lipinski definition) is 2. The molecular formula is C19H16ClF3O2S. The minimum absolute atomic E-state index is 0.194. The second-order valence-corrected chi connectivity index (χ2v) is 8.66. The first-order chi connectivity index (χ1) is 12.1. The molecule has 0 radical (unpaired) electrons. The molecule has 0 heterocycles. The van der Waals surface area contributed by atoms with Crippen LogP contribution in [-0.4, -0.2) is 14.7 Å². The van der Waals surface area contributed by atoms with E-state index in [0.717, 1.165) is 29.9 Å². The molecule has 0 aliphatic heterocycles. The molecule has 2 aromatic rings. The van der Waals surface area contributed by atoms with Gasteiger partial charge in [-0.3, -0.25) is 0 Å². The number of halogens is 4. The highest BCUT2D eigenvalue weighted by atomic mass is 35.5. The van der Waals surface area contributed by atoms with E-state index < -0.39 is 21.6 Å². The highest BCUT2D eigenvalue weighted by molar-refractivity contribution is 7.90. The molecule has 7 heteroatoms. The van der Waals surface area contributed by atoms with Crippen molar-refractivity contribution in [3.8, 4) is 0 Å². The Bertz CT molecular complexity index is 992. The smallest absolute Gasteiger partial charge is 0.224 e. The van der Waals surface area contributed by atoms with Gasteiger partial charge in [-0.2, -0.15) is 13.2 Å². The molecule has 138 valence electrons. The van der Waals surface area contributed by atoms with Crippen LogP contribution in [0.5, 0.6) is 0 Å². The summed E-state index contributed by atoms with van der Waals surface area (Å²) in [4.78, 5) is 0.194. The zero-order chi connectivity index (χ0) is 19.1. The Morgan fingerprint density at radius 3 is 2.31 bits per heavy atom. The van der Waals surface area contributed by atoms with Crippen molar-refractivity contribution in [1.29, 1.82) is 0 Å². The summed E-state index contributed by atoms with van der Waals surface area (Å²) in [7, 11) is -3.45. The summed E-state index contributed by atoms with van der Waals surface area (Å²) in [5, 5.41) is -0.349. The molecule has 0 bridgehead atoms. The molecule has 3 rings (SSSR count). The van der Waals surface area contributed by atoms with Crippen LogP contribution in [0.2, 0.25) is 5.02 Å². The number of allylic oxidation sites excluding steroid dienone is 2. The summed E-state index contributed by atoms with van der Waals surface area (Å²) in [6.45, 7) is 0. The number of alkyl halides is 3. The molecule has 0 aromatic heterocycles. The van der Waals surface area contributed by atoms with Gasteiger partial charge in [-0.25, -0.2) is 8.42 Å². The van der Waals surface area contributed by atoms with Gasteiger partial charge in [0.2, 0.25) is 0 Å². The molecule has 0 N–H and O–H groups in total. The molecule has 2 nitrogen and oxygen atoms in total. The van der Waals surface area contributed by atoms with Crippen LogP contribution in [0.25, 0.3) is 11.1 Å². The summed E-state index contributed by atoms with van der Waals surface area (Å²) >= 11 is 5.71. The predicted molar refractivity (Wildman–Crippen MR) is 96.7 cm³/mol. The van der Waals surface area contributed by atoms with Crippen molar-refractivity contribution in [2.75, 3.05) is 6.26 Å². The van der Waals surface area contributed by atoms with Crippen LogP contribution >= 0.6 is 11.6 Å². The van der Waals surface area contributed by atoms with E-state index in [9.17, 15) is 21.6 Å². The van der Waals surface area contributed by atoms with Crippen LogP contribution in [0.3, 0.4) is 0 Å². The molecule has 0 saturated carbocycles. The zero-order valence-corrected chi connectivity index (χ0v) is 15.5. The second kappa shape index (κ2) is 6.74. The zero-order valence-electron chi connectivity index (χ0n) is 13.9. The molecule has 0 atom stereocenters. The van der Waals surface area contributed by atoms with Gasteiger partial charge in [-0.15, -0.1) is 0 Å². The lowest BCUT2D eigenvalue weighted by atomic mass is 9.96. The molecule has 1 aliphatic rings. The minimum atomic E-state index is -4.54. The average Bonchev–Trinajstić information content (AvgIpc) is 3.03. The van der Waals surface area contributed by atoms with E-state index in [4.69, 9.17) is 11.6 Å². The maximum atomic E-state index is 13.2. The van der Waals surface area contributed by atoms with Crippen LogP contribution in [0, 0.1) is 0 Å². The van der Waals surface area contributed by atoms with Crippen LogP contribution < -0.4 is 0 Å². The van der Waals surface area contributed by atoms with Gasteiger partial charge in [0.1, 0.15) is 0 Å². The minimum Gasteiger partial charge on any atom is -0.224 e. The van der Waals surface area contributed by atoms with E-state index in [0.29, 0.717) is 24.0 Å². The van der Waals surface area contributed by atoms with Gasteiger partial charge < -0.3 is 0 Å². The van der Waals surface area contributed by atoms with Crippen molar-refractivity contribution in [3.05, 3.63) is 64.2 Å². The fourth-order valence-corrected chi connectivity index (χ4v) is 4.47. The Labute approximate surface area is 155 Å². The number of hydrogen-bond donors (Lipinski definition) is 0. The monoisotopic (exact) mass is 400 g/mol. The van der Waals surface area contributed by atoms with Gasteiger partial charge >= 0.3 is 6.18 Å². The van der Waals surface area contributed by atoms with E-state index in [-0.39, 0.29) is 9.92 Å². The SMILES string of the molecule is CS(=O)(=O)c1ccccc1C1=C(c2ccc(Cl)c(C(F)(F)F)c2)CCC1. The third kappa shape index (κ3) is 3.67. The fraction of sp³-hybridized carbons (Fsp3) is 0.263. The third-order valence-electron chi connectivity index (χ3n) is 4.45. The second-order valence-electron chi connectivity index (χ2n) is 6.27. The van der Waals surface area contributed by atoms with Crippen molar-refractivity contribution in [1.82, 2.24) is 0 Å². The summed E-state index contributed by atoms with van der Waals surface area (Å²) in [6.07, 6.45) is -1.45. The number of benzene rings is 2. The molecule has 0 unspecified atom stereocenters. The van der Waals surface area contributed by atoms with E-state index in [1.807, 2.05) is 0 Å². The van der Waals surface area contributed by atoms with Crippen molar-refractivity contribution < 1.29 is 21.6 Å². The molecule has 0 amide bonds. The Hall–Kier alpha value is -1.79. The first-order valence-corrected chi connectivity index (χ1v) is 10.2. The van der Waals surface area contributed by atoms with Gasteiger partial charge in [-0.1, -0.05) is 35.9 Å². The van der Waals surface area contributed by atoms with Crippen LogP contribution in [0.1, 0.15) is 36.0 Å². The Morgan fingerprint density at radius 1 is 1.00 bits per heavy atom. The highest BCUT2D eigenvalue weighted by Crippen LogP contribution is 2.44. The molecule has 2 aromatic carbocycles. The third-order valence-corrected chi connectivity index (χ3v) is 5.93. The lowest BCUT2D eigenvalue weighted by Gasteiger charge is -2.15. The summed E-state index contributed by atoms with van der Waals surface area (Å²) in [5.74, 6) is 0. The topological polar surface area (TPSA) is 34.1 Å². The molecule has 0 fully saturated rings. The van der Waals surface area contributed by atoms with Crippen molar-refractivity contribution in [3.63, 3.8) is 0 Å². The van der Waals surface area contributed by atoms with Crippen molar-refractivity contribution >= 4 is 32.6 Å². The molecule has 0 saturated heterocycles. The number of rotatable bonds is 3. The van der Waals surface area contributed by atoms with Gasteiger partial charge in [-0.05, 0) is 59.7 Å². The Balaban J connectivity index is 2.21. The lowest BCUT2D eigenvalue weighted by molar-refractivity contribution is -0.137. The normalized spacial score (nSPS) is 15.6. The van der Waals surface area contributed by atoms with Crippen molar-refractivity contribution in [2.24, 2.45) is 0 Å². The van der Waals surface area contributed by atoms with Gasteiger partial charge in [0.05, 0.1) is 15.5 Å². The lowest BCUT2D eigenvalue weighted by Crippen LogP contribution is -2.06. The van der Waals surface area contributed by atoms with Gasteiger partial charge in [0, 0.05) is 6.26 Å².